The zero-order valence-electron chi connectivity index (χ0n) is 14.4. The third-order valence-electron chi connectivity index (χ3n) is 5.66. The summed E-state index contributed by atoms with van der Waals surface area (Å²) in [6, 6.07) is 11.4. The Balaban J connectivity index is 1.58. The summed E-state index contributed by atoms with van der Waals surface area (Å²) in [6.45, 7) is 2.46. The normalized spacial score (nSPS) is 25.4. The maximum atomic E-state index is 12.7. The van der Waals surface area contributed by atoms with E-state index in [2.05, 4.69) is 21.9 Å². The van der Waals surface area contributed by atoms with Crippen molar-refractivity contribution in [3.63, 3.8) is 0 Å². The predicted octanol–water partition coefficient (Wildman–Crippen LogP) is 3.48. The summed E-state index contributed by atoms with van der Waals surface area (Å²) in [6.07, 6.45) is 9.17. The van der Waals surface area contributed by atoms with Gasteiger partial charge in [-0.1, -0.05) is 43.2 Å². The molecule has 2 fully saturated rings. The molecular formula is C20H30N2O. The molecule has 3 heteroatoms. The molecule has 0 aromatic heterocycles. The Morgan fingerprint density at radius 2 is 1.78 bits per heavy atom. The lowest BCUT2D eigenvalue weighted by Gasteiger charge is -2.42. The van der Waals surface area contributed by atoms with E-state index in [1.54, 1.807) is 0 Å². The van der Waals surface area contributed by atoms with Crippen LogP contribution in [-0.2, 0) is 11.2 Å². The number of carbonyl (C=O) groups excluding carboxylic acids is 1. The molecule has 3 rings (SSSR count). The van der Waals surface area contributed by atoms with Gasteiger partial charge in [-0.25, -0.2) is 0 Å². The fourth-order valence-corrected chi connectivity index (χ4v) is 4.30. The summed E-state index contributed by atoms with van der Waals surface area (Å²) in [5.41, 5.74) is 1.26. The average molecular weight is 314 g/mol. The van der Waals surface area contributed by atoms with Crippen molar-refractivity contribution in [3.05, 3.63) is 35.9 Å². The Labute approximate surface area is 140 Å². The highest BCUT2D eigenvalue weighted by atomic mass is 16.2. The molecule has 1 saturated carbocycles. The number of carbonyl (C=O) groups is 1. The van der Waals surface area contributed by atoms with Gasteiger partial charge in [0.1, 0.15) is 0 Å². The molecule has 0 radical (unpaired) electrons. The summed E-state index contributed by atoms with van der Waals surface area (Å²) in [5, 5.41) is 0. The van der Waals surface area contributed by atoms with Gasteiger partial charge < -0.3 is 4.90 Å². The Bertz CT molecular complexity index is 496. The van der Waals surface area contributed by atoms with Crippen LogP contribution in [0.3, 0.4) is 0 Å². The van der Waals surface area contributed by atoms with E-state index >= 15 is 0 Å². The number of likely N-dealkylation sites (tertiary alicyclic amines) is 1. The number of hydrogen-bond acceptors (Lipinski definition) is 2. The van der Waals surface area contributed by atoms with Gasteiger partial charge >= 0.3 is 0 Å². The van der Waals surface area contributed by atoms with Crippen LogP contribution >= 0.6 is 0 Å². The first-order valence-corrected chi connectivity index (χ1v) is 9.29. The van der Waals surface area contributed by atoms with Gasteiger partial charge in [-0.2, -0.15) is 0 Å². The van der Waals surface area contributed by atoms with Crippen molar-refractivity contribution >= 4 is 5.91 Å². The minimum atomic E-state index is 0.310. The first-order chi connectivity index (χ1) is 11.3. The van der Waals surface area contributed by atoms with Crippen molar-refractivity contribution in [3.8, 4) is 0 Å². The molecule has 1 aromatic rings. The van der Waals surface area contributed by atoms with Crippen LogP contribution in [0.15, 0.2) is 30.3 Å². The summed E-state index contributed by atoms with van der Waals surface area (Å²) in [4.78, 5) is 17.4. The topological polar surface area (TPSA) is 23.6 Å². The van der Waals surface area contributed by atoms with Gasteiger partial charge in [-0.05, 0) is 50.8 Å². The Kier molecular flexibility index (Phi) is 5.71. The van der Waals surface area contributed by atoms with Crippen LogP contribution in [0.25, 0.3) is 0 Å². The predicted molar refractivity (Wildman–Crippen MR) is 94.4 cm³/mol. The lowest BCUT2D eigenvalue weighted by atomic mass is 9.88. The number of benzene rings is 1. The standard InChI is InChI=1S/C20H30N2O/c1-21(20(23)14-13-17-9-3-2-4-10-17)18-11-5-6-12-19(18)22-15-7-8-16-22/h2-4,9-10,18-19H,5-8,11-16H2,1H3. The van der Waals surface area contributed by atoms with E-state index in [4.69, 9.17) is 0 Å². The van der Waals surface area contributed by atoms with Gasteiger partial charge in [-0.15, -0.1) is 0 Å². The second kappa shape index (κ2) is 7.96. The van der Waals surface area contributed by atoms with E-state index in [1.165, 1.54) is 57.2 Å². The van der Waals surface area contributed by atoms with Crippen molar-refractivity contribution < 1.29 is 4.79 Å². The van der Waals surface area contributed by atoms with E-state index in [9.17, 15) is 4.79 Å². The molecule has 23 heavy (non-hydrogen) atoms. The third-order valence-corrected chi connectivity index (χ3v) is 5.66. The zero-order chi connectivity index (χ0) is 16.1. The Hall–Kier alpha value is -1.35. The highest BCUT2D eigenvalue weighted by molar-refractivity contribution is 5.76. The van der Waals surface area contributed by atoms with E-state index in [0.717, 1.165) is 6.42 Å². The molecule has 1 amide bonds. The fourth-order valence-electron chi connectivity index (χ4n) is 4.30. The van der Waals surface area contributed by atoms with Crippen molar-refractivity contribution in [2.75, 3.05) is 20.1 Å². The molecule has 1 aliphatic heterocycles. The monoisotopic (exact) mass is 314 g/mol. The van der Waals surface area contributed by atoms with Crippen LogP contribution in [0.1, 0.15) is 50.5 Å². The van der Waals surface area contributed by atoms with Gasteiger partial charge in [0, 0.05) is 25.6 Å². The van der Waals surface area contributed by atoms with E-state index < -0.39 is 0 Å². The van der Waals surface area contributed by atoms with Crippen molar-refractivity contribution in [2.45, 2.75) is 63.5 Å². The first kappa shape index (κ1) is 16.5. The average Bonchev–Trinajstić information content (AvgIpc) is 3.14. The van der Waals surface area contributed by atoms with E-state index in [1.807, 2.05) is 25.2 Å². The number of likely N-dealkylation sites (N-methyl/N-ethyl adjacent to an activating group) is 1. The minimum Gasteiger partial charge on any atom is -0.341 e. The number of nitrogens with zero attached hydrogens (tertiary/aromatic N) is 2. The molecular weight excluding hydrogens is 284 g/mol. The Morgan fingerprint density at radius 1 is 1.09 bits per heavy atom. The summed E-state index contributed by atoms with van der Waals surface area (Å²) < 4.78 is 0. The molecule has 0 N–H and O–H groups in total. The molecule has 1 saturated heterocycles. The highest BCUT2D eigenvalue weighted by Gasteiger charge is 2.35. The highest BCUT2D eigenvalue weighted by Crippen LogP contribution is 2.29. The molecule has 0 spiro atoms. The van der Waals surface area contributed by atoms with Gasteiger partial charge in [-0.3, -0.25) is 9.69 Å². The first-order valence-electron chi connectivity index (χ1n) is 9.29. The molecule has 1 aromatic carbocycles. The van der Waals surface area contributed by atoms with Crippen molar-refractivity contribution in [1.82, 2.24) is 9.80 Å². The molecule has 1 heterocycles. The number of hydrogen-bond donors (Lipinski definition) is 0. The molecule has 0 bridgehead atoms. The van der Waals surface area contributed by atoms with Crippen LogP contribution in [-0.4, -0.2) is 47.9 Å². The lowest BCUT2D eigenvalue weighted by Crippen LogP contribution is -2.53. The van der Waals surface area contributed by atoms with Crippen molar-refractivity contribution in [1.29, 1.82) is 0 Å². The van der Waals surface area contributed by atoms with E-state index in [0.29, 0.717) is 24.4 Å². The molecule has 2 unspecified atom stereocenters. The van der Waals surface area contributed by atoms with Crippen LogP contribution in [0.2, 0.25) is 0 Å². The quantitative estimate of drug-likeness (QED) is 0.830. The fraction of sp³-hybridized carbons (Fsp3) is 0.650. The number of rotatable bonds is 5. The maximum absolute atomic E-state index is 12.7. The lowest BCUT2D eigenvalue weighted by molar-refractivity contribution is -0.134. The van der Waals surface area contributed by atoms with Crippen LogP contribution < -0.4 is 0 Å². The number of amides is 1. The molecule has 3 nitrogen and oxygen atoms in total. The molecule has 1 aliphatic carbocycles. The van der Waals surface area contributed by atoms with Crippen LogP contribution in [0.4, 0.5) is 0 Å². The van der Waals surface area contributed by atoms with Crippen LogP contribution in [0.5, 0.6) is 0 Å². The number of aryl methyl sites for hydroxylation is 1. The molecule has 2 atom stereocenters. The summed E-state index contributed by atoms with van der Waals surface area (Å²) in [5.74, 6) is 0.310. The SMILES string of the molecule is CN(C(=O)CCc1ccccc1)C1CCCCC1N1CCCC1. The van der Waals surface area contributed by atoms with Gasteiger partial charge in [0.25, 0.3) is 0 Å². The van der Waals surface area contributed by atoms with Crippen LogP contribution in [0, 0.1) is 0 Å². The van der Waals surface area contributed by atoms with Gasteiger partial charge in [0.15, 0.2) is 0 Å². The van der Waals surface area contributed by atoms with E-state index in [-0.39, 0.29) is 0 Å². The zero-order valence-corrected chi connectivity index (χ0v) is 14.4. The second-order valence-electron chi connectivity index (χ2n) is 7.15. The minimum absolute atomic E-state index is 0.310. The maximum Gasteiger partial charge on any atom is 0.222 e. The van der Waals surface area contributed by atoms with Gasteiger partial charge in [0.2, 0.25) is 5.91 Å². The molecule has 126 valence electrons. The summed E-state index contributed by atoms with van der Waals surface area (Å²) >= 11 is 0. The smallest absolute Gasteiger partial charge is 0.222 e. The third kappa shape index (κ3) is 4.14. The second-order valence-corrected chi connectivity index (χ2v) is 7.15. The van der Waals surface area contributed by atoms with Crippen molar-refractivity contribution in [2.24, 2.45) is 0 Å². The van der Waals surface area contributed by atoms with Gasteiger partial charge in [0.05, 0.1) is 0 Å². The Morgan fingerprint density at radius 3 is 2.52 bits per heavy atom. The summed E-state index contributed by atoms with van der Waals surface area (Å²) in [7, 11) is 2.03. The largest absolute Gasteiger partial charge is 0.341 e. The molecule has 2 aliphatic rings.